The Balaban J connectivity index is 0.00000312. The van der Waals surface area contributed by atoms with Crippen molar-refractivity contribution in [3.63, 3.8) is 0 Å². The van der Waals surface area contributed by atoms with E-state index in [1.54, 1.807) is 31.3 Å². The molecule has 5 nitrogen and oxygen atoms in total. The fourth-order valence-corrected chi connectivity index (χ4v) is 6.10. The van der Waals surface area contributed by atoms with Crippen LogP contribution in [0.15, 0.2) is 30.3 Å². The molecule has 25 heavy (non-hydrogen) atoms. The zero-order chi connectivity index (χ0) is 17.9. The number of carbonyl (C=O) groups is 2. The Morgan fingerprint density at radius 2 is 1.80 bits per heavy atom. The Morgan fingerprint density at radius 3 is 2.40 bits per heavy atom. The number of hydrogen-bond donors (Lipinski definition) is 1. The Morgan fingerprint density at radius 1 is 1.16 bits per heavy atom. The number of carboxylic acids is 1. The molecule has 0 aromatic heterocycles. The summed E-state index contributed by atoms with van der Waals surface area (Å²) in [6.07, 6.45) is -0.240. The third-order valence-electron chi connectivity index (χ3n) is 3.10. The monoisotopic (exact) mass is 685 g/mol. The van der Waals surface area contributed by atoms with Gasteiger partial charge in [0, 0.05) is 28.6 Å². The number of amides is 1. The predicted octanol–water partition coefficient (Wildman–Crippen LogP) is -0.0513. The molecule has 0 heterocycles. The van der Waals surface area contributed by atoms with Gasteiger partial charge in [0.05, 0.1) is 12.7 Å². The van der Waals surface area contributed by atoms with Gasteiger partial charge in [-0.2, -0.15) is 0 Å². The van der Waals surface area contributed by atoms with Crippen molar-refractivity contribution in [1.82, 2.24) is 5.32 Å². The number of carbonyl (C=O) groups excluding carboxylic acids is 2. The number of rotatable bonds is 5. The van der Waals surface area contributed by atoms with Crippen LogP contribution in [-0.2, 0) is 11.2 Å². The minimum atomic E-state index is -1.18. The van der Waals surface area contributed by atoms with Crippen LogP contribution in [0.3, 0.4) is 0 Å². The van der Waals surface area contributed by atoms with Gasteiger partial charge in [0.25, 0.3) is 5.91 Å². The van der Waals surface area contributed by atoms with E-state index in [1.807, 2.05) is 6.07 Å². The van der Waals surface area contributed by atoms with Crippen LogP contribution < -0.4 is 44.7 Å². The van der Waals surface area contributed by atoms with Crippen LogP contribution in [0.5, 0.6) is 11.5 Å². The van der Waals surface area contributed by atoms with Gasteiger partial charge in [-0.1, -0.05) is 18.2 Å². The van der Waals surface area contributed by atoms with Crippen molar-refractivity contribution in [2.75, 3.05) is 7.05 Å². The minimum absolute atomic E-state index is 0. The Bertz CT molecular complexity index is 814. The molecule has 0 fully saturated rings. The SMILES string of the molecule is CNC(=O)c1c(I)cc(I)c(Oc2ccccc2CC(=O)[O-])c1I.[Na+]. The van der Waals surface area contributed by atoms with E-state index in [1.165, 1.54) is 0 Å². The van der Waals surface area contributed by atoms with Gasteiger partial charge in [-0.25, -0.2) is 0 Å². The third-order valence-corrected chi connectivity index (χ3v) is 5.78. The van der Waals surface area contributed by atoms with Crippen molar-refractivity contribution in [3.8, 4) is 11.5 Å². The number of ether oxygens (including phenoxy) is 1. The summed E-state index contributed by atoms with van der Waals surface area (Å²) in [6, 6.07) is 8.73. The Labute approximate surface area is 208 Å². The number of para-hydroxylation sites is 1. The summed E-state index contributed by atoms with van der Waals surface area (Å²) in [7, 11) is 1.57. The average Bonchev–Trinajstić information content (AvgIpc) is 2.51. The first-order valence-electron chi connectivity index (χ1n) is 6.70. The van der Waals surface area contributed by atoms with E-state index in [4.69, 9.17) is 4.74 Å². The molecule has 0 saturated heterocycles. The maximum absolute atomic E-state index is 12.1. The number of carboxylic acid groups (broad SMARTS) is 1. The third kappa shape index (κ3) is 5.92. The second-order valence-electron chi connectivity index (χ2n) is 4.70. The largest absolute Gasteiger partial charge is 1.00 e. The fourth-order valence-electron chi connectivity index (χ4n) is 2.01. The van der Waals surface area contributed by atoms with Crippen LogP contribution in [0, 0.1) is 10.7 Å². The molecule has 9 heteroatoms. The van der Waals surface area contributed by atoms with Crippen molar-refractivity contribution in [2.45, 2.75) is 6.42 Å². The molecule has 126 valence electrons. The van der Waals surface area contributed by atoms with Gasteiger partial charge in [0.2, 0.25) is 0 Å². The second kappa shape index (κ2) is 10.6. The van der Waals surface area contributed by atoms with Gasteiger partial charge >= 0.3 is 29.6 Å². The van der Waals surface area contributed by atoms with Crippen LogP contribution in [0.4, 0.5) is 0 Å². The van der Waals surface area contributed by atoms with Crippen molar-refractivity contribution >= 4 is 79.6 Å². The molecule has 0 radical (unpaired) electrons. The predicted molar refractivity (Wildman–Crippen MR) is 113 cm³/mol. The molecule has 0 saturated carbocycles. The smallest absolute Gasteiger partial charge is 0.550 e. The summed E-state index contributed by atoms with van der Waals surface area (Å²) in [6.45, 7) is 0. The quantitative estimate of drug-likeness (QED) is 0.354. The van der Waals surface area contributed by atoms with Gasteiger partial charge in [0.15, 0.2) is 5.75 Å². The van der Waals surface area contributed by atoms with Crippen LogP contribution in [0.2, 0.25) is 0 Å². The summed E-state index contributed by atoms with van der Waals surface area (Å²) < 4.78 is 8.29. The summed E-state index contributed by atoms with van der Waals surface area (Å²) in [5.41, 5.74) is 1.05. The topological polar surface area (TPSA) is 78.5 Å². The number of halogens is 3. The van der Waals surface area contributed by atoms with Crippen LogP contribution in [0.1, 0.15) is 15.9 Å². The van der Waals surface area contributed by atoms with Crippen LogP contribution in [0.25, 0.3) is 0 Å². The van der Waals surface area contributed by atoms with Crippen LogP contribution >= 0.6 is 67.8 Å². The molecule has 0 bridgehead atoms. The summed E-state index contributed by atoms with van der Waals surface area (Å²) in [5, 5.41) is 13.5. The van der Waals surface area contributed by atoms with Crippen molar-refractivity contribution < 1.29 is 49.0 Å². The summed E-state index contributed by atoms with van der Waals surface area (Å²) in [5.74, 6) is -0.417. The van der Waals surface area contributed by atoms with Gasteiger partial charge in [0.1, 0.15) is 5.75 Å². The molecule has 0 unspecified atom stereocenters. The maximum Gasteiger partial charge on any atom is 1.00 e. The zero-order valence-electron chi connectivity index (χ0n) is 13.4. The Hall–Kier alpha value is 0.370. The molecular formula is C16H11I3NNaO4. The fraction of sp³-hybridized carbons (Fsp3) is 0.125. The van der Waals surface area contributed by atoms with E-state index < -0.39 is 5.97 Å². The standard InChI is InChI=1S/C16H12I3NO4.Na/c1-20-16(23)13-9(17)7-10(18)15(14(13)19)24-11-5-3-2-4-8(11)6-12(21)22;/h2-5,7H,6H2,1H3,(H,20,23)(H,21,22);/q;+1/p-1. The number of hydrogen-bond acceptors (Lipinski definition) is 4. The first-order chi connectivity index (χ1) is 11.3. The average molecular weight is 685 g/mol. The number of nitrogens with one attached hydrogen (secondary N) is 1. The van der Waals surface area contributed by atoms with Crippen molar-refractivity contribution in [2.24, 2.45) is 0 Å². The molecule has 2 aromatic carbocycles. The van der Waals surface area contributed by atoms with E-state index in [-0.39, 0.29) is 41.9 Å². The molecule has 0 atom stereocenters. The zero-order valence-corrected chi connectivity index (χ0v) is 21.8. The molecular weight excluding hydrogens is 674 g/mol. The van der Waals surface area contributed by atoms with Gasteiger partial charge in [-0.05, 0) is 79.9 Å². The van der Waals surface area contributed by atoms with Gasteiger partial charge in [-0.3, -0.25) is 4.79 Å². The molecule has 2 rings (SSSR count). The van der Waals surface area contributed by atoms with E-state index in [0.29, 0.717) is 26.2 Å². The molecule has 0 spiro atoms. The Kier molecular flexibility index (Phi) is 9.96. The normalized spacial score (nSPS) is 9.92. The molecule has 0 aliphatic carbocycles. The van der Waals surface area contributed by atoms with Crippen molar-refractivity contribution in [1.29, 1.82) is 0 Å². The molecule has 2 aromatic rings. The minimum Gasteiger partial charge on any atom is -0.550 e. The summed E-state index contributed by atoms with van der Waals surface area (Å²) >= 11 is 6.31. The van der Waals surface area contributed by atoms with E-state index in [9.17, 15) is 14.7 Å². The van der Waals surface area contributed by atoms with E-state index in [0.717, 1.165) is 7.14 Å². The molecule has 0 aliphatic heterocycles. The molecule has 1 amide bonds. The molecule has 0 aliphatic rings. The van der Waals surface area contributed by atoms with Crippen LogP contribution in [-0.4, -0.2) is 18.9 Å². The van der Waals surface area contributed by atoms with Gasteiger partial charge < -0.3 is 20.0 Å². The number of benzene rings is 2. The molecule has 1 N–H and O–H groups in total. The van der Waals surface area contributed by atoms with E-state index in [2.05, 4.69) is 73.1 Å². The maximum atomic E-state index is 12.1. The first-order valence-corrected chi connectivity index (χ1v) is 9.94. The second-order valence-corrected chi connectivity index (χ2v) is 8.10. The van der Waals surface area contributed by atoms with E-state index >= 15 is 0 Å². The van der Waals surface area contributed by atoms with Crippen molar-refractivity contribution in [3.05, 3.63) is 52.2 Å². The summed E-state index contributed by atoms with van der Waals surface area (Å²) in [4.78, 5) is 23.0. The first kappa shape index (κ1) is 23.4. The van der Waals surface area contributed by atoms with Gasteiger partial charge in [-0.15, -0.1) is 0 Å². The number of aliphatic carboxylic acids is 1.